The van der Waals surface area contributed by atoms with Gasteiger partial charge in [-0.25, -0.2) is 19.6 Å². The van der Waals surface area contributed by atoms with Gasteiger partial charge in [0.25, 0.3) is 0 Å². The van der Waals surface area contributed by atoms with Gasteiger partial charge in [-0.2, -0.15) is 0 Å². The van der Waals surface area contributed by atoms with E-state index in [1.807, 2.05) is 52.3 Å². The van der Waals surface area contributed by atoms with Crippen molar-refractivity contribution < 1.29 is 33.1 Å². The molecule has 4 aliphatic rings. The third-order valence-corrected chi connectivity index (χ3v) is 11.8. The summed E-state index contributed by atoms with van der Waals surface area (Å²) < 4.78 is 15.9. The molecule has 15 heteroatoms. The fourth-order valence-corrected chi connectivity index (χ4v) is 8.45. The lowest BCUT2D eigenvalue weighted by Gasteiger charge is -2.28. The van der Waals surface area contributed by atoms with Crippen LogP contribution in [-0.2, 0) is 19.1 Å². The normalized spacial score (nSPS) is 20.4. The van der Waals surface area contributed by atoms with E-state index < -0.39 is 24.3 Å². The number of hydrogen-bond acceptors (Lipinski definition) is 9. The van der Waals surface area contributed by atoms with E-state index in [0.717, 1.165) is 108 Å². The fourth-order valence-electron chi connectivity index (χ4n) is 8.45. The van der Waals surface area contributed by atoms with E-state index in [0.29, 0.717) is 13.1 Å². The summed E-state index contributed by atoms with van der Waals surface area (Å²) in [4.78, 5) is 71.2. The maximum atomic E-state index is 13.6. The predicted octanol–water partition coefficient (Wildman–Crippen LogP) is 6.48. The number of carbonyl (C=O) groups is 4. The average molecular weight is 775 g/mol. The summed E-state index contributed by atoms with van der Waals surface area (Å²) in [6.07, 6.45) is 9.36. The van der Waals surface area contributed by atoms with Crippen molar-refractivity contribution in [2.75, 3.05) is 27.3 Å². The highest BCUT2D eigenvalue weighted by molar-refractivity contribution is 5.89. The smallest absolute Gasteiger partial charge is 0.407 e. The van der Waals surface area contributed by atoms with E-state index >= 15 is 0 Å². The Morgan fingerprint density at radius 1 is 0.684 bits per heavy atom. The Kier molecular flexibility index (Phi) is 9.66. The first-order chi connectivity index (χ1) is 27.8. The molecule has 5 heterocycles. The maximum Gasteiger partial charge on any atom is 0.407 e. The lowest BCUT2D eigenvalue weighted by atomic mass is 10.1. The number of aromatic nitrogens is 4. The summed E-state index contributed by atoms with van der Waals surface area (Å²) in [6, 6.07) is 14.6. The van der Waals surface area contributed by atoms with Crippen LogP contribution in [0, 0.1) is 11.8 Å². The number of rotatable bonds is 11. The lowest BCUT2D eigenvalue weighted by molar-refractivity contribution is -0.135. The van der Waals surface area contributed by atoms with Crippen molar-refractivity contribution in [3.63, 3.8) is 0 Å². The van der Waals surface area contributed by atoms with Gasteiger partial charge in [-0.15, -0.1) is 0 Å². The van der Waals surface area contributed by atoms with Gasteiger partial charge in [-0.05, 0) is 93.0 Å². The molecule has 2 aliphatic heterocycles. The van der Waals surface area contributed by atoms with Crippen molar-refractivity contribution in [2.24, 2.45) is 11.8 Å². The summed E-state index contributed by atoms with van der Waals surface area (Å²) in [5.41, 5.74) is 5.28. The van der Waals surface area contributed by atoms with Crippen molar-refractivity contribution in [2.45, 2.75) is 75.5 Å². The van der Waals surface area contributed by atoms with Crippen molar-refractivity contribution in [3.05, 3.63) is 72.6 Å². The molecule has 296 valence electrons. The molecule has 9 rings (SSSR count). The van der Waals surface area contributed by atoms with E-state index in [-0.39, 0.29) is 35.7 Å². The molecule has 2 aromatic carbocycles. The van der Waals surface area contributed by atoms with Crippen LogP contribution < -0.4 is 10.6 Å². The first kappa shape index (κ1) is 36.5. The van der Waals surface area contributed by atoms with Gasteiger partial charge in [-0.1, -0.05) is 24.3 Å². The van der Waals surface area contributed by atoms with E-state index in [4.69, 9.17) is 18.9 Å². The van der Waals surface area contributed by atoms with Crippen molar-refractivity contribution in [1.82, 2.24) is 40.4 Å². The minimum atomic E-state index is -0.590. The number of methoxy groups -OCH3 is 2. The molecule has 57 heavy (non-hydrogen) atoms. The van der Waals surface area contributed by atoms with Crippen LogP contribution in [0.3, 0.4) is 0 Å². The molecule has 2 saturated carbocycles. The van der Waals surface area contributed by atoms with Gasteiger partial charge in [0.15, 0.2) is 0 Å². The number of H-pyrrole nitrogens is 2. The molecule has 15 nitrogen and oxygen atoms in total. The number of benzene rings is 2. The second-order valence-electron chi connectivity index (χ2n) is 15.6. The topological polar surface area (TPSA) is 188 Å². The molecule has 0 bridgehead atoms. The number of nitrogens with zero attached hydrogens (tertiary/aromatic N) is 4. The predicted molar refractivity (Wildman–Crippen MR) is 208 cm³/mol. The van der Waals surface area contributed by atoms with Crippen LogP contribution in [0.5, 0.6) is 0 Å². The number of furan rings is 1. The molecule has 4 atom stereocenters. The molecule has 4 fully saturated rings. The third kappa shape index (κ3) is 7.33. The van der Waals surface area contributed by atoms with Crippen LogP contribution in [0.4, 0.5) is 9.59 Å². The van der Waals surface area contributed by atoms with Crippen LogP contribution in [-0.4, -0.2) is 93.1 Å². The van der Waals surface area contributed by atoms with E-state index in [9.17, 15) is 19.2 Å². The molecular formula is C42H46N8O7. The van der Waals surface area contributed by atoms with Crippen molar-refractivity contribution in [3.8, 4) is 33.8 Å². The summed E-state index contributed by atoms with van der Waals surface area (Å²) in [7, 11) is 2.61. The minimum Gasteiger partial charge on any atom is -0.456 e. The number of hydrogen-bond donors (Lipinski definition) is 4. The van der Waals surface area contributed by atoms with Gasteiger partial charge < -0.3 is 44.3 Å². The first-order valence-corrected chi connectivity index (χ1v) is 19.8. The number of ether oxygens (including phenoxy) is 2. The number of carbonyl (C=O) groups excluding carboxylic acids is 4. The third-order valence-electron chi connectivity index (χ3n) is 11.8. The Hall–Kier alpha value is -6.12. The Bertz CT molecular complexity index is 2310. The van der Waals surface area contributed by atoms with Crippen molar-refractivity contribution >= 4 is 35.0 Å². The number of nitrogens with one attached hydrogen (secondary N) is 4. The van der Waals surface area contributed by atoms with Gasteiger partial charge in [0, 0.05) is 29.6 Å². The lowest BCUT2D eigenvalue weighted by Crippen LogP contribution is -2.49. The first-order valence-electron chi connectivity index (χ1n) is 19.8. The van der Waals surface area contributed by atoms with Gasteiger partial charge in [-0.3, -0.25) is 9.59 Å². The second kappa shape index (κ2) is 15.1. The van der Waals surface area contributed by atoms with E-state index in [1.165, 1.54) is 14.2 Å². The quantitative estimate of drug-likeness (QED) is 0.117. The maximum absolute atomic E-state index is 13.6. The van der Waals surface area contributed by atoms with E-state index in [1.54, 1.807) is 12.4 Å². The average Bonchev–Trinajstić information content (AvgIpc) is 3.82. The van der Waals surface area contributed by atoms with Gasteiger partial charge >= 0.3 is 12.2 Å². The highest BCUT2D eigenvalue weighted by Crippen LogP contribution is 2.40. The standard InChI is InChI=1S/C42H46N8O7/c1-55-41(53)47-35(25-11-12-25)39(51)49-17-3-5-31(49)37-43-21-29(45-37)23-7-9-24(10-8-23)34-20-28-19-27(15-16-33(28)57-34)30-22-44-38(46-30)32-6-4-18-50(32)40(52)36(26-13-14-26)48-42(54)56-2/h7-10,15-16,19-22,25-26,31-32,35-36H,3-6,11-14,17-18H2,1-2H3,(H,43,45)(H,44,46)(H,47,53)(H,48,54)/t31-,32-,35+,36+/m0/s1. The molecule has 0 unspecified atom stereocenters. The monoisotopic (exact) mass is 774 g/mol. The van der Waals surface area contributed by atoms with Crippen LogP contribution >= 0.6 is 0 Å². The zero-order valence-corrected chi connectivity index (χ0v) is 32.0. The van der Waals surface area contributed by atoms with Gasteiger partial charge in [0.05, 0.1) is 50.1 Å². The molecule has 0 radical (unpaired) electrons. The SMILES string of the molecule is COC(=O)N[C@@H](C(=O)N1CCC[C@H]1c1ncc(-c2ccc(-c3cc4cc(-c5cnc([C@@H]6CCCN6C(=O)[C@H](NC(=O)OC)C6CC6)[nH]5)ccc4o3)cc2)[nH]1)C1CC1. The number of likely N-dealkylation sites (tertiary alicyclic amines) is 2. The summed E-state index contributed by atoms with van der Waals surface area (Å²) in [5.74, 6) is 2.30. The Morgan fingerprint density at radius 3 is 1.68 bits per heavy atom. The molecule has 0 spiro atoms. The van der Waals surface area contributed by atoms with Gasteiger partial charge in [0.2, 0.25) is 11.8 Å². The zero-order chi connectivity index (χ0) is 39.2. The molecular weight excluding hydrogens is 729 g/mol. The van der Waals surface area contributed by atoms with Crippen LogP contribution in [0.2, 0.25) is 0 Å². The molecule has 2 saturated heterocycles. The summed E-state index contributed by atoms with van der Waals surface area (Å²) in [5, 5.41) is 6.46. The Balaban J connectivity index is 0.873. The van der Waals surface area contributed by atoms with Crippen LogP contribution in [0.25, 0.3) is 44.8 Å². The second-order valence-corrected chi connectivity index (χ2v) is 15.6. The van der Waals surface area contributed by atoms with Crippen LogP contribution in [0.1, 0.15) is 75.1 Å². The summed E-state index contributed by atoms with van der Waals surface area (Å²) >= 11 is 0. The van der Waals surface area contributed by atoms with Gasteiger partial charge in [0.1, 0.15) is 35.1 Å². The minimum absolute atomic E-state index is 0.0850. The number of aromatic amines is 2. The van der Waals surface area contributed by atoms with Crippen LogP contribution in [0.15, 0.2) is 65.3 Å². The fraction of sp³-hybridized carbons (Fsp3) is 0.429. The number of imidazole rings is 2. The molecule has 3 aromatic heterocycles. The number of amides is 4. The highest BCUT2D eigenvalue weighted by Gasteiger charge is 2.44. The zero-order valence-electron chi connectivity index (χ0n) is 32.0. The Morgan fingerprint density at radius 2 is 1.18 bits per heavy atom. The van der Waals surface area contributed by atoms with Crippen molar-refractivity contribution in [1.29, 1.82) is 0 Å². The Labute approximate surface area is 328 Å². The van der Waals surface area contributed by atoms with E-state index in [2.05, 4.69) is 31.7 Å². The molecule has 5 aromatic rings. The largest absolute Gasteiger partial charge is 0.456 e. The molecule has 4 amide bonds. The number of alkyl carbamates (subject to hydrolysis) is 2. The molecule has 2 aliphatic carbocycles. The summed E-state index contributed by atoms with van der Waals surface area (Å²) in [6.45, 7) is 1.23. The highest BCUT2D eigenvalue weighted by atomic mass is 16.5. The molecule has 4 N–H and O–H groups in total. The number of fused-ring (bicyclic) bond motifs is 1.